The number of furan rings is 1. The van der Waals surface area contributed by atoms with Crippen LogP contribution in [0.25, 0.3) is 11.3 Å². The largest absolute Gasteiger partial charge is 0.478 e. The zero-order valence-electron chi connectivity index (χ0n) is 23.2. The second-order valence-corrected chi connectivity index (χ2v) is 9.46. The Morgan fingerprint density at radius 1 is 1.07 bits per heavy atom. The number of rotatable bonds is 17. The van der Waals surface area contributed by atoms with Crippen LogP contribution in [-0.4, -0.2) is 52.1 Å². The first-order valence-corrected chi connectivity index (χ1v) is 13.6. The SMILES string of the molecule is CCCCCC(C(=O)NCNC(=O)c1ccc(-c2cncc(C(=O)O)c2)o1)C(CC)N(C=O)OCc1ccccc1. The van der Waals surface area contributed by atoms with E-state index in [1.54, 1.807) is 0 Å². The minimum absolute atomic E-state index is 0.00917. The van der Waals surface area contributed by atoms with Gasteiger partial charge in [-0.3, -0.25) is 24.2 Å². The fraction of sp³-hybridized carbons (Fsp3) is 0.367. The predicted molar refractivity (Wildman–Crippen MR) is 150 cm³/mol. The van der Waals surface area contributed by atoms with Gasteiger partial charge in [-0.2, -0.15) is 0 Å². The molecule has 0 saturated carbocycles. The van der Waals surface area contributed by atoms with Gasteiger partial charge in [0.1, 0.15) is 12.4 Å². The number of pyridine rings is 1. The monoisotopic (exact) mass is 564 g/mol. The van der Waals surface area contributed by atoms with Crippen LogP contribution in [0.15, 0.2) is 65.3 Å². The fourth-order valence-corrected chi connectivity index (χ4v) is 4.42. The molecule has 2 unspecified atom stereocenters. The van der Waals surface area contributed by atoms with E-state index in [9.17, 15) is 19.2 Å². The van der Waals surface area contributed by atoms with Crippen LogP contribution in [0.3, 0.4) is 0 Å². The smallest absolute Gasteiger partial charge is 0.337 e. The third-order valence-electron chi connectivity index (χ3n) is 6.60. The number of aromatic carboxylic acids is 1. The highest BCUT2D eigenvalue weighted by Gasteiger charge is 2.32. The highest BCUT2D eigenvalue weighted by molar-refractivity contribution is 5.92. The van der Waals surface area contributed by atoms with Crippen LogP contribution < -0.4 is 10.6 Å². The Morgan fingerprint density at radius 2 is 1.85 bits per heavy atom. The van der Waals surface area contributed by atoms with Gasteiger partial charge in [0.15, 0.2) is 5.76 Å². The molecule has 1 aromatic carbocycles. The molecule has 2 heterocycles. The van der Waals surface area contributed by atoms with Crippen molar-refractivity contribution in [1.29, 1.82) is 0 Å². The summed E-state index contributed by atoms with van der Waals surface area (Å²) in [6.07, 6.45) is 7.02. The highest BCUT2D eigenvalue weighted by atomic mass is 16.7. The van der Waals surface area contributed by atoms with Crippen molar-refractivity contribution in [3.05, 3.63) is 77.8 Å². The molecule has 0 radical (unpaired) electrons. The molecule has 0 fully saturated rings. The Hall–Kier alpha value is -4.51. The van der Waals surface area contributed by atoms with Crippen molar-refractivity contribution in [1.82, 2.24) is 20.7 Å². The lowest BCUT2D eigenvalue weighted by Crippen LogP contribution is -2.48. The van der Waals surface area contributed by atoms with Gasteiger partial charge in [-0.1, -0.05) is 63.4 Å². The van der Waals surface area contributed by atoms with Gasteiger partial charge in [-0.25, -0.2) is 9.86 Å². The number of benzene rings is 1. The molecule has 11 heteroatoms. The van der Waals surface area contributed by atoms with E-state index >= 15 is 0 Å². The Kier molecular flexibility index (Phi) is 12.0. The number of unbranched alkanes of at least 4 members (excludes halogenated alkanes) is 2. The summed E-state index contributed by atoms with van der Waals surface area (Å²) in [4.78, 5) is 58.8. The van der Waals surface area contributed by atoms with Gasteiger partial charge >= 0.3 is 5.97 Å². The van der Waals surface area contributed by atoms with Gasteiger partial charge in [0.25, 0.3) is 5.91 Å². The number of carboxylic acids is 1. The molecule has 41 heavy (non-hydrogen) atoms. The Bertz CT molecular complexity index is 1290. The molecule has 11 nitrogen and oxygen atoms in total. The van der Waals surface area contributed by atoms with Crippen molar-refractivity contribution in [2.75, 3.05) is 6.67 Å². The van der Waals surface area contributed by atoms with E-state index in [4.69, 9.17) is 14.4 Å². The van der Waals surface area contributed by atoms with Crippen LogP contribution in [0.5, 0.6) is 0 Å². The van der Waals surface area contributed by atoms with E-state index in [1.165, 1.54) is 35.7 Å². The lowest BCUT2D eigenvalue weighted by Gasteiger charge is -2.32. The lowest BCUT2D eigenvalue weighted by atomic mass is 9.90. The molecular formula is C30H36N4O7. The summed E-state index contributed by atoms with van der Waals surface area (Å²) in [5.41, 5.74) is 1.30. The Morgan fingerprint density at radius 3 is 2.54 bits per heavy atom. The van der Waals surface area contributed by atoms with E-state index in [0.717, 1.165) is 24.8 Å². The number of hydrogen-bond acceptors (Lipinski definition) is 7. The average molecular weight is 565 g/mol. The number of carbonyl (C=O) groups excluding carboxylic acids is 3. The Balaban J connectivity index is 1.61. The first-order valence-electron chi connectivity index (χ1n) is 13.6. The summed E-state index contributed by atoms with van der Waals surface area (Å²) in [5, 5.41) is 15.7. The third kappa shape index (κ3) is 9.00. The molecule has 3 aromatic rings. The molecule has 2 aromatic heterocycles. The summed E-state index contributed by atoms with van der Waals surface area (Å²) in [7, 11) is 0. The van der Waals surface area contributed by atoms with Crippen molar-refractivity contribution in [3.8, 4) is 11.3 Å². The van der Waals surface area contributed by atoms with Crippen LogP contribution in [0, 0.1) is 5.92 Å². The number of nitrogens with one attached hydrogen (secondary N) is 2. The van der Waals surface area contributed by atoms with Gasteiger partial charge in [0.05, 0.1) is 24.2 Å². The molecule has 0 saturated heterocycles. The first-order chi connectivity index (χ1) is 19.9. The lowest BCUT2D eigenvalue weighted by molar-refractivity contribution is -0.200. The minimum Gasteiger partial charge on any atom is -0.478 e. The molecule has 0 aliphatic carbocycles. The molecule has 0 aliphatic rings. The molecule has 3 rings (SSSR count). The van der Waals surface area contributed by atoms with Crippen molar-refractivity contribution in [3.63, 3.8) is 0 Å². The number of amides is 3. The maximum absolute atomic E-state index is 13.3. The molecule has 3 amide bonds. The average Bonchev–Trinajstić information content (AvgIpc) is 3.49. The maximum atomic E-state index is 13.3. The summed E-state index contributed by atoms with van der Waals surface area (Å²) < 4.78 is 5.58. The second kappa shape index (κ2) is 15.9. The number of carboxylic acid groups (broad SMARTS) is 1. The quantitative estimate of drug-likeness (QED) is 0.0944. The fourth-order valence-electron chi connectivity index (χ4n) is 4.42. The third-order valence-corrected chi connectivity index (χ3v) is 6.60. The summed E-state index contributed by atoms with van der Waals surface area (Å²) in [6, 6.07) is 13.3. The normalized spacial score (nSPS) is 12.2. The topological polar surface area (TPSA) is 151 Å². The van der Waals surface area contributed by atoms with Crippen molar-refractivity contribution in [2.45, 2.75) is 58.6 Å². The van der Waals surface area contributed by atoms with Crippen LogP contribution >= 0.6 is 0 Å². The maximum Gasteiger partial charge on any atom is 0.337 e. The van der Waals surface area contributed by atoms with Crippen molar-refractivity contribution < 1.29 is 33.5 Å². The van der Waals surface area contributed by atoms with Gasteiger partial charge in [0, 0.05) is 18.0 Å². The van der Waals surface area contributed by atoms with E-state index in [1.807, 2.05) is 37.3 Å². The van der Waals surface area contributed by atoms with E-state index in [-0.39, 0.29) is 36.3 Å². The predicted octanol–water partition coefficient (Wildman–Crippen LogP) is 4.41. The standard InChI is InChI=1S/C30H36N4O7/c1-3-5-7-12-24(25(4-2)34(20-35)40-18-21-10-8-6-9-11-21)28(36)32-19-33-29(37)27-14-13-26(41-27)22-15-23(30(38)39)17-31-16-22/h6,8-11,13-17,20,24-25H,3-5,7,12,18-19H2,1-2H3,(H,32,36)(H,33,37)(H,38,39). The summed E-state index contributed by atoms with van der Waals surface area (Å²) in [5.74, 6) is -2.27. The number of hydroxylamine groups is 2. The molecule has 0 bridgehead atoms. The zero-order valence-corrected chi connectivity index (χ0v) is 23.2. The van der Waals surface area contributed by atoms with Crippen molar-refractivity contribution >= 4 is 24.2 Å². The molecule has 0 aliphatic heterocycles. The molecule has 218 valence electrons. The number of hydrogen-bond donors (Lipinski definition) is 3. The van der Waals surface area contributed by atoms with Gasteiger partial charge in [-0.05, 0) is 36.6 Å². The first kappa shape index (κ1) is 31.0. The highest BCUT2D eigenvalue weighted by Crippen LogP contribution is 2.24. The van der Waals surface area contributed by atoms with E-state index < -0.39 is 23.8 Å². The van der Waals surface area contributed by atoms with Gasteiger partial charge in [-0.15, -0.1) is 0 Å². The summed E-state index contributed by atoms with van der Waals surface area (Å²) >= 11 is 0. The zero-order chi connectivity index (χ0) is 29.6. The van der Waals surface area contributed by atoms with Gasteiger partial charge in [0.2, 0.25) is 12.3 Å². The summed E-state index contributed by atoms with van der Waals surface area (Å²) in [6.45, 7) is 4.00. The number of carbonyl (C=O) groups is 4. The number of nitrogens with zero attached hydrogens (tertiary/aromatic N) is 2. The molecule has 2 atom stereocenters. The van der Waals surface area contributed by atoms with Crippen LogP contribution in [0.4, 0.5) is 0 Å². The Labute approximate surface area is 238 Å². The molecule has 0 spiro atoms. The van der Waals surface area contributed by atoms with Gasteiger partial charge < -0.3 is 20.2 Å². The van der Waals surface area contributed by atoms with Crippen LogP contribution in [-0.2, 0) is 21.0 Å². The number of aromatic nitrogens is 1. The minimum atomic E-state index is -1.13. The second-order valence-electron chi connectivity index (χ2n) is 9.46. The van der Waals surface area contributed by atoms with Crippen LogP contribution in [0.1, 0.15) is 72.4 Å². The van der Waals surface area contributed by atoms with Crippen LogP contribution in [0.2, 0.25) is 0 Å². The van der Waals surface area contributed by atoms with Crippen molar-refractivity contribution in [2.24, 2.45) is 5.92 Å². The molecule has 3 N–H and O–H groups in total. The van der Waals surface area contributed by atoms with E-state index in [0.29, 0.717) is 24.8 Å². The molecular weight excluding hydrogens is 528 g/mol. The van der Waals surface area contributed by atoms with E-state index in [2.05, 4.69) is 22.5 Å².